The minimum Gasteiger partial charge on any atom is -0.474 e. The number of ether oxygens (including phenoxy) is 2. The maximum atomic E-state index is 13.6. The minimum absolute atomic E-state index is 0.0119. The van der Waals surface area contributed by atoms with Crippen molar-refractivity contribution in [1.82, 2.24) is 10.3 Å². The lowest BCUT2D eigenvalue weighted by atomic mass is 9.96. The number of rotatable bonds is 11. The predicted octanol–water partition coefficient (Wildman–Crippen LogP) is 6.78. The number of benzene rings is 2. The molecule has 0 saturated carbocycles. The summed E-state index contributed by atoms with van der Waals surface area (Å²) in [7, 11) is 0. The SMILES string of the molecule is CCOC(=O)c1c(CCc2ccc(F)cc2)nc(OC(C)C)c(C#N)c1-c1ccc(C(=O)NCc2ccc(F)c(F)c2)s1. The predicted molar refractivity (Wildman–Crippen MR) is 155 cm³/mol. The van der Waals surface area contributed by atoms with Gasteiger partial charge in [-0.25, -0.2) is 22.9 Å². The number of nitrogens with zero attached hydrogens (tertiary/aromatic N) is 2. The first-order valence-corrected chi connectivity index (χ1v) is 14.3. The van der Waals surface area contributed by atoms with Crippen LogP contribution in [0.1, 0.15) is 63.2 Å². The number of hydrogen-bond acceptors (Lipinski definition) is 7. The Hall–Kier alpha value is -4.69. The fourth-order valence-corrected chi connectivity index (χ4v) is 5.28. The van der Waals surface area contributed by atoms with Crippen molar-refractivity contribution >= 4 is 23.2 Å². The molecule has 43 heavy (non-hydrogen) atoms. The van der Waals surface area contributed by atoms with E-state index in [1.165, 1.54) is 24.3 Å². The molecule has 1 amide bonds. The molecule has 0 spiro atoms. The summed E-state index contributed by atoms with van der Waals surface area (Å²) in [5, 5.41) is 12.9. The Kier molecular flexibility index (Phi) is 10.2. The third-order valence-corrected chi connectivity index (χ3v) is 7.36. The molecule has 0 fully saturated rings. The number of aryl methyl sites for hydroxylation is 2. The van der Waals surface area contributed by atoms with Gasteiger partial charge in [-0.05, 0) is 81.1 Å². The van der Waals surface area contributed by atoms with Crippen LogP contribution in [0.5, 0.6) is 5.88 Å². The third kappa shape index (κ3) is 7.59. The smallest absolute Gasteiger partial charge is 0.340 e. The normalized spacial score (nSPS) is 10.8. The summed E-state index contributed by atoms with van der Waals surface area (Å²) >= 11 is 1.04. The number of aromatic nitrogens is 1. The fraction of sp³-hybridized carbons (Fsp3) is 0.250. The van der Waals surface area contributed by atoms with Gasteiger partial charge in [-0.3, -0.25) is 4.79 Å². The van der Waals surface area contributed by atoms with Crippen LogP contribution in [0.2, 0.25) is 0 Å². The minimum atomic E-state index is -1.02. The monoisotopic (exact) mass is 607 g/mol. The lowest BCUT2D eigenvalue weighted by Gasteiger charge is -2.18. The van der Waals surface area contributed by atoms with Gasteiger partial charge in [-0.15, -0.1) is 11.3 Å². The number of nitrogens with one attached hydrogen (secondary N) is 1. The molecule has 222 valence electrons. The molecule has 0 aliphatic carbocycles. The third-order valence-electron chi connectivity index (χ3n) is 6.25. The first-order chi connectivity index (χ1) is 20.6. The van der Waals surface area contributed by atoms with Gasteiger partial charge in [0.15, 0.2) is 11.6 Å². The summed E-state index contributed by atoms with van der Waals surface area (Å²) in [4.78, 5) is 31.6. The van der Waals surface area contributed by atoms with Crippen LogP contribution in [-0.4, -0.2) is 29.6 Å². The Morgan fingerprint density at radius 3 is 2.37 bits per heavy atom. The standard InChI is InChI=1S/C32H28F3N3O4S/c1-4-41-32(40)29-25(12-8-19-5-9-21(33)10-6-19)38-31(42-18(2)3)22(16-36)28(29)26-13-14-27(43-26)30(39)37-17-20-7-11-23(34)24(35)15-20/h5-7,9-11,13-15,18H,4,8,12,17H2,1-3H3,(H,37,39). The number of carbonyl (C=O) groups excluding carboxylic acids is 2. The Labute approximate surface area is 250 Å². The van der Waals surface area contributed by atoms with Crippen molar-refractivity contribution in [2.24, 2.45) is 0 Å². The van der Waals surface area contributed by atoms with Crippen LogP contribution in [0.3, 0.4) is 0 Å². The summed E-state index contributed by atoms with van der Waals surface area (Å²) in [6, 6.07) is 14.6. The molecule has 2 aromatic heterocycles. The van der Waals surface area contributed by atoms with E-state index in [1.54, 1.807) is 39.0 Å². The Balaban J connectivity index is 1.75. The molecular weight excluding hydrogens is 579 g/mol. The first kappa shape index (κ1) is 31.3. The van der Waals surface area contributed by atoms with Gasteiger partial charge in [-0.1, -0.05) is 18.2 Å². The van der Waals surface area contributed by atoms with Crippen LogP contribution in [0.15, 0.2) is 54.6 Å². The summed E-state index contributed by atoms with van der Waals surface area (Å²) in [5.41, 5.74) is 1.82. The highest BCUT2D eigenvalue weighted by molar-refractivity contribution is 7.17. The summed E-state index contributed by atoms with van der Waals surface area (Å²) < 4.78 is 51.5. The largest absolute Gasteiger partial charge is 0.474 e. The Morgan fingerprint density at radius 2 is 1.72 bits per heavy atom. The molecule has 0 aliphatic rings. The van der Waals surface area contributed by atoms with Gasteiger partial charge in [0.25, 0.3) is 5.91 Å². The van der Waals surface area contributed by atoms with E-state index in [-0.39, 0.29) is 58.9 Å². The lowest BCUT2D eigenvalue weighted by Crippen LogP contribution is -2.21. The van der Waals surface area contributed by atoms with E-state index in [4.69, 9.17) is 9.47 Å². The molecule has 0 radical (unpaired) electrons. The molecule has 7 nitrogen and oxygen atoms in total. The van der Waals surface area contributed by atoms with E-state index >= 15 is 0 Å². The molecule has 0 unspecified atom stereocenters. The molecule has 2 aromatic carbocycles. The molecule has 0 bridgehead atoms. The maximum absolute atomic E-state index is 13.6. The van der Waals surface area contributed by atoms with Crippen LogP contribution in [0.25, 0.3) is 10.4 Å². The van der Waals surface area contributed by atoms with Crippen molar-refractivity contribution in [3.8, 4) is 22.4 Å². The molecule has 0 atom stereocenters. The highest BCUT2D eigenvalue weighted by Gasteiger charge is 2.29. The van der Waals surface area contributed by atoms with Gasteiger partial charge in [0.2, 0.25) is 5.88 Å². The highest BCUT2D eigenvalue weighted by Crippen LogP contribution is 2.39. The van der Waals surface area contributed by atoms with Crippen LogP contribution >= 0.6 is 11.3 Å². The van der Waals surface area contributed by atoms with Gasteiger partial charge in [0.05, 0.1) is 28.8 Å². The van der Waals surface area contributed by atoms with Crippen molar-refractivity contribution in [3.63, 3.8) is 0 Å². The molecule has 0 aliphatic heterocycles. The van der Waals surface area contributed by atoms with E-state index in [1.807, 2.05) is 0 Å². The van der Waals surface area contributed by atoms with Crippen molar-refractivity contribution < 1.29 is 32.2 Å². The highest BCUT2D eigenvalue weighted by atomic mass is 32.1. The number of amides is 1. The van der Waals surface area contributed by atoms with Gasteiger partial charge in [0.1, 0.15) is 17.4 Å². The number of carbonyl (C=O) groups is 2. The average molecular weight is 608 g/mol. The van der Waals surface area contributed by atoms with Crippen LogP contribution < -0.4 is 10.1 Å². The summed E-state index contributed by atoms with van der Waals surface area (Å²) in [5.74, 6) is -3.52. The van der Waals surface area contributed by atoms with E-state index in [9.17, 15) is 28.0 Å². The van der Waals surface area contributed by atoms with Crippen molar-refractivity contribution in [2.45, 2.75) is 46.3 Å². The number of hydrogen-bond donors (Lipinski definition) is 1. The van der Waals surface area contributed by atoms with Gasteiger partial charge in [-0.2, -0.15) is 5.26 Å². The van der Waals surface area contributed by atoms with E-state index in [0.717, 1.165) is 29.0 Å². The first-order valence-electron chi connectivity index (χ1n) is 13.5. The van der Waals surface area contributed by atoms with Gasteiger partial charge in [0, 0.05) is 17.0 Å². The van der Waals surface area contributed by atoms with Gasteiger partial charge >= 0.3 is 5.97 Å². The molecule has 4 aromatic rings. The molecule has 11 heteroatoms. The number of halogens is 3. The second kappa shape index (κ2) is 14.0. The quantitative estimate of drug-likeness (QED) is 0.189. The topological polar surface area (TPSA) is 101 Å². The molecular formula is C32H28F3N3O4S. The van der Waals surface area contributed by atoms with Crippen LogP contribution in [0, 0.1) is 28.8 Å². The zero-order valence-electron chi connectivity index (χ0n) is 23.7. The Morgan fingerprint density at radius 1 is 1.00 bits per heavy atom. The number of esters is 1. The molecule has 1 N–H and O–H groups in total. The van der Waals surface area contributed by atoms with Crippen molar-refractivity contribution in [1.29, 1.82) is 5.26 Å². The second-order valence-electron chi connectivity index (χ2n) is 9.71. The molecule has 2 heterocycles. The van der Waals surface area contributed by atoms with Gasteiger partial charge < -0.3 is 14.8 Å². The van der Waals surface area contributed by atoms with Crippen molar-refractivity contribution in [3.05, 3.63) is 105 Å². The van der Waals surface area contributed by atoms with E-state index in [0.29, 0.717) is 22.6 Å². The van der Waals surface area contributed by atoms with Crippen LogP contribution in [-0.2, 0) is 24.1 Å². The number of pyridine rings is 1. The lowest BCUT2D eigenvalue weighted by molar-refractivity contribution is 0.0525. The molecule has 4 rings (SSSR count). The summed E-state index contributed by atoms with van der Waals surface area (Å²) in [6.07, 6.45) is 0.320. The fourth-order valence-electron chi connectivity index (χ4n) is 4.30. The van der Waals surface area contributed by atoms with Crippen LogP contribution in [0.4, 0.5) is 13.2 Å². The average Bonchev–Trinajstić information content (AvgIpc) is 3.47. The van der Waals surface area contributed by atoms with Crippen molar-refractivity contribution in [2.75, 3.05) is 6.61 Å². The zero-order chi connectivity index (χ0) is 31.1. The summed E-state index contributed by atoms with van der Waals surface area (Å²) in [6.45, 7) is 5.24. The van der Waals surface area contributed by atoms with E-state index in [2.05, 4.69) is 16.4 Å². The zero-order valence-corrected chi connectivity index (χ0v) is 24.5. The number of nitriles is 1. The second-order valence-corrected chi connectivity index (χ2v) is 10.8. The van der Waals surface area contributed by atoms with E-state index < -0.39 is 23.5 Å². The maximum Gasteiger partial charge on any atom is 0.340 e. The Bertz CT molecular complexity index is 1680. The number of thiophene rings is 1. The molecule has 0 saturated heterocycles.